The van der Waals surface area contributed by atoms with Gasteiger partial charge in [-0.15, -0.1) is 10.2 Å². The molecule has 0 bridgehead atoms. The number of hydrogen-bond donors (Lipinski definition) is 1. The van der Waals surface area contributed by atoms with E-state index >= 15 is 0 Å². The maximum absolute atomic E-state index is 9.20. The second kappa shape index (κ2) is 3.43. The standard InChI is InChI=1S/C11H8ClN3O/c12-8-3-1-7-2-4-10-13-14-11(6-16)15(10)9(7)5-8/h1-5,16H,6H2. The second-order valence-corrected chi connectivity index (χ2v) is 3.94. The molecule has 4 nitrogen and oxygen atoms in total. The van der Waals surface area contributed by atoms with Crippen LogP contribution in [0.25, 0.3) is 16.6 Å². The van der Waals surface area contributed by atoms with Gasteiger partial charge in [0, 0.05) is 5.02 Å². The van der Waals surface area contributed by atoms with Crippen LogP contribution in [-0.2, 0) is 6.61 Å². The lowest BCUT2D eigenvalue weighted by molar-refractivity contribution is 0.270. The summed E-state index contributed by atoms with van der Waals surface area (Å²) >= 11 is 5.96. The van der Waals surface area contributed by atoms with Crippen LogP contribution >= 0.6 is 11.6 Å². The van der Waals surface area contributed by atoms with E-state index in [2.05, 4.69) is 10.2 Å². The quantitative estimate of drug-likeness (QED) is 0.700. The molecule has 0 amide bonds. The normalized spacial score (nSPS) is 11.4. The average Bonchev–Trinajstić information content (AvgIpc) is 2.72. The molecule has 0 unspecified atom stereocenters. The largest absolute Gasteiger partial charge is 0.388 e. The van der Waals surface area contributed by atoms with Crippen LogP contribution in [0.5, 0.6) is 0 Å². The highest BCUT2D eigenvalue weighted by Gasteiger charge is 2.07. The Kier molecular flexibility index (Phi) is 2.05. The molecule has 80 valence electrons. The smallest absolute Gasteiger partial charge is 0.163 e. The summed E-state index contributed by atoms with van der Waals surface area (Å²) in [5.41, 5.74) is 1.61. The molecule has 0 aliphatic heterocycles. The molecule has 0 spiro atoms. The Hall–Kier alpha value is -1.65. The van der Waals surface area contributed by atoms with Crippen molar-refractivity contribution in [3.63, 3.8) is 0 Å². The van der Waals surface area contributed by atoms with E-state index in [0.29, 0.717) is 16.5 Å². The Labute approximate surface area is 96.1 Å². The molecule has 0 atom stereocenters. The summed E-state index contributed by atoms with van der Waals surface area (Å²) in [6.07, 6.45) is 0. The van der Waals surface area contributed by atoms with Crippen molar-refractivity contribution in [2.24, 2.45) is 0 Å². The summed E-state index contributed by atoms with van der Waals surface area (Å²) in [4.78, 5) is 0. The van der Waals surface area contributed by atoms with E-state index in [4.69, 9.17) is 11.6 Å². The van der Waals surface area contributed by atoms with Gasteiger partial charge in [0.2, 0.25) is 0 Å². The minimum absolute atomic E-state index is 0.146. The number of aliphatic hydroxyl groups excluding tert-OH is 1. The molecule has 0 radical (unpaired) electrons. The molecule has 0 aliphatic rings. The van der Waals surface area contributed by atoms with Crippen molar-refractivity contribution in [3.8, 4) is 0 Å². The molecule has 0 saturated carbocycles. The average molecular weight is 234 g/mol. The Balaban J connectivity index is 2.54. The summed E-state index contributed by atoms with van der Waals surface area (Å²) in [6, 6.07) is 9.42. The molecule has 0 aliphatic carbocycles. The van der Waals surface area contributed by atoms with Gasteiger partial charge in [0.15, 0.2) is 11.5 Å². The summed E-state index contributed by atoms with van der Waals surface area (Å²) in [6.45, 7) is -0.146. The minimum atomic E-state index is -0.146. The first-order valence-electron chi connectivity index (χ1n) is 4.83. The zero-order chi connectivity index (χ0) is 11.1. The first-order valence-corrected chi connectivity index (χ1v) is 5.20. The fourth-order valence-corrected chi connectivity index (χ4v) is 1.99. The highest BCUT2D eigenvalue weighted by molar-refractivity contribution is 6.31. The van der Waals surface area contributed by atoms with E-state index in [0.717, 1.165) is 10.9 Å². The predicted octanol–water partition coefficient (Wildman–Crippen LogP) is 2.03. The maximum atomic E-state index is 9.20. The fraction of sp³-hybridized carbons (Fsp3) is 0.0909. The summed E-state index contributed by atoms with van der Waals surface area (Å²) in [5, 5.41) is 18.8. The minimum Gasteiger partial charge on any atom is -0.388 e. The molecule has 2 heterocycles. The number of rotatable bonds is 1. The highest BCUT2D eigenvalue weighted by Crippen LogP contribution is 2.21. The highest BCUT2D eigenvalue weighted by atomic mass is 35.5. The van der Waals surface area contributed by atoms with Gasteiger partial charge in [0.25, 0.3) is 0 Å². The van der Waals surface area contributed by atoms with E-state index in [1.54, 1.807) is 4.40 Å². The lowest BCUT2D eigenvalue weighted by Gasteiger charge is -2.03. The van der Waals surface area contributed by atoms with Gasteiger partial charge >= 0.3 is 0 Å². The van der Waals surface area contributed by atoms with Crippen LogP contribution in [0.3, 0.4) is 0 Å². The van der Waals surface area contributed by atoms with Crippen molar-refractivity contribution in [1.82, 2.24) is 14.6 Å². The van der Waals surface area contributed by atoms with Gasteiger partial charge in [-0.1, -0.05) is 17.7 Å². The Morgan fingerprint density at radius 1 is 1.19 bits per heavy atom. The van der Waals surface area contributed by atoms with Crippen LogP contribution in [0, 0.1) is 0 Å². The van der Waals surface area contributed by atoms with Crippen molar-refractivity contribution < 1.29 is 5.11 Å². The molecule has 1 N–H and O–H groups in total. The molecule has 3 aromatic rings. The third kappa shape index (κ3) is 1.27. The Morgan fingerprint density at radius 3 is 2.81 bits per heavy atom. The van der Waals surface area contributed by atoms with E-state index in [1.165, 1.54) is 0 Å². The number of aliphatic hydroxyl groups is 1. The van der Waals surface area contributed by atoms with Crippen LogP contribution in [0.15, 0.2) is 30.3 Å². The van der Waals surface area contributed by atoms with Crippen molar-refractivity contribution in [2.45, 2.75) is 6.61 Å². The SMILES string of the molecule is OCc1nnc2ccc3ccc(Cl)cc3n12. The van der Waals surface area contributed by atoms with Gasteiger partial charge in [-0.3, -0.25) is 4.40 Å². The van der Waals surface area contributed by atoms with E-state index < -0.39 is 0 Å². The monoisotopic (exact) mass is 233 g/mol. The third-order valence-electron chi connectivity index (χ3n) is 2.54. The van der Waals surface area contributed by atoms with E-state index in [9.17, 15) is 5.11 Å². The molecule has 0 fully saturated rings. The van der Waals surface area contributed by atoms with Crippen LogP contribution in [0.2, 0.25) is 5.02 Å². The van der Waals surface area contributed by atoms with Crippen LogP contribution < -0.4 is 0 Å². The molecule has 3 rings (SSSR count). The van der Waals surface area contributed by atoms with Crippen LogP contribution in [0.4, 0.5) is 0 Å². The van der Waals surface area contributed by atoms with Gasteiger partial charge in [0.1, 0.15) is 6.61 Å². The molecular formula is C11H8ClN3O. The summed E-state index contributed by atoms with van der Waals surface area (Å²) < 4.78 is 1.81. The van der Waals surface area contributed by atoms with Crippen molar-refractivity contribution in [1.29, 1.82) is 0 Å². The molecule has 1 aromatic carbocycles. The molecule has 5 heteroatoms. The van der Waals surface area contributed by atoms with Gasteiger partial charge in [-0.25, -0.2) is 0 Å². The van der Waals surface area contributed by atoms with E-state index in [1.807, 2.05) is 30.3 Å². The van der Waals surface area contributed by atoms with Crippen molar-refractivity contribution >= 4 is 28.2 Å². The molecule has 0 saturated heterocycles. The first-order chi connectivity index (χ1) is 7.79. The van der Waals surface area contributed by atoms with E-state index in [-0.39, 0.29) is 6.61 Å². The zero-order valence-electron chi connectivity index (χ0n) is 8.26. The second-order valence-electron chi connectivity index (χ2n) is 3.50. The Bertz CT molecular complexity index is 677. The fourth-order valence-electron chi connectivity index (χ4n) is 1.82. The van der Waals surface area contributed by atoms with Gasteiger partial charge in [0.05, 0.1) is 5.52 Å². The number of fused-ring (bicyclic) bond motifs is 3. The lowest BCUT2D eigenvalue weighted by Crippen LogP contribution is -1.95. The first kappa shape index (κ1) is 9.57. The predicted molar refractivity (Wildman–Crippen MR) is 61.4 cm³/mol. The molecule has 16 heavy (non-hydrogen) atoms. The number of hydrogen-bond acceptors (Lipinski definition) is 3. The number of pyridine rings is 1. The summed E-state index contributed by atoms with van der Waals surface area (Å²) in [5.74, 6) is 0.517. The summed E-state index contributed by atoms with van der Waals surface area (Å²) in [7, 11) is 0. The Morgan fingerprint density at radius 2 is 2.00 bits per heavy atom. The van der Waals surface area contributed by atoms with Gasteiger partial charge in [-0.2, -0.15) is 0 Å². The lowest BCUT2D eigenvalue weighted by atomic mass is 10.2. The molecule has 2 aromatic heterocycles. The van der Waals surface area contributed by atoms with Gasteiger partial charge < -0.3 is 5.11 Å². The number of benzene rings is 1. The maximum Gasteiger partial charge on any atom is 0.163 e. The van der Waals surface area contributed by atoms with Crippen molar-refractivity contribution in [3.05, 3.63) is 41.2 Å². The number of halogens is 1. The topological polar surface area (TPSA) is 50.4 Å². The van der Waals surface area contributed by atoms with Crippen LogP contribution in [0.1, 0.15) is 5.82 Å². The number of nitrogens with zero attached hydrogens (tertiary/aromatic N) is 3. The number of aromatic nitrogens is 3. The van der Waals surface area contributed by atoms with Crippen molar-refractivity contribution in [2.75, 3.05) is 0 Å². The zero-order valence-corrected chi connectivity index (χ0v) is 9.02. The van der Waals surface area contributed by atoms with Gasteiger partial charge in [-0.05, 0) is 29.7 Å². The third-order valence-corrected chi connectivity index (χ3v) is 2.78. The molecular weight excluding hydrogens is 226 g/mol. The van der Waals surface area contributed by atoms with Crippen LogP contribution in [-0.4, -0.2) is 19.7 Å².